The molecule has 0 saturated carbocycles. The number of halogens is 3. The van der Waals surface area contributed by atoms with Crippen molar-refractivity contribution in [3.63, 3.8) is 0 Å². The van der Waals surface area contributed by atoms with Gasteiger partial charge >= 0.3 is 0 Å². The number of nitrogens with one attached hydrogen (secondary N) is 1. The number of rotatable bonds is 12. The lowest BCUT2D eigenvalue weighted by atomic mass is 10.1. The first kappa shape index (κ1) is 31.2. The van der Waals surface area contributed by atoms with E-state index in [1.807, 2.05) is 13.8 Å². The fraction of sp³-hybridized carbons (Fsp3) is 0.462. The van der Waals surface area contributed by atoms with Gasteiger partial charge in [-0.3, -0.25) is 13.9 Å². The second-order valence-electron chi connectivity index (χ2n) is 9.12. The smallest absolute Gasteiger partial charge is 0.242 e. The highest BCUT2D eigenvalue weighted by atomic mass is 35.5. The Kier molecular flexibility index (Phi) is 11.6. The number of benzene rings is 2. The Bertz CT molecular complexity index is 1220. The SMILES string of the molecule is CC[C@H](C)NC(=O)[C@H](C)N(Cc1ccc(Cl)cc1Cl)C(=O)CCCN(c1cc(Cl)ccc1C)S(C)(=O)=O. The summed E-state index contributed by atoms with van der Waals surface area (Å²) in [6.45, 7) is 7.50. The molecule has 7 nitrogen and oxygen atoms in total. The number of amides is 2. The molecule has 0 radical (unpaired) electrons. The number of aryl methyl sites for hydroxylation is 1. The Morgan fingerprint density at radius 3 is 2.24 bits per heavy atom. The third kappa shape index (κ3) is 9.06. The van der Waals surface area contributed by atoms with Gasteiger partial charge < -0.3 is 10.2 Å². The zero-order valence-corrected chi connectivity index (χ0v) is 24.8. The first-order chi connectivity index (χ1) is 17.2. The number of nitrogens with zero attached hydrogens (tertiary/aromatic N) is 2. The molecular weight excluding hydrogens is 557 g/mol. The maximum Gasteiger partial charge on any atom is 0.242 e. The molecule has 2 atom stereocenters. The van der Waals surface area contributed by atoms with Crippen LogP contribution in [0.15, 0.2) is 36.4 Å². The van der Waals surface area contributed by atoms with Crippen molar-refractivity contribution in [3.8, 4) is 0 Å². The van der Waals surface area contributed by atoms with Gasteiger partial charge in [0, 0.05) is 40.6 Å². The summed E-state index contributed by atoms with van der Waals surface area (Å²) in [6, 6.07) is 9.19. The van der Waals surface area contributed by atoms with E-state index < -0.39 is 16.1 Å². The Hall–Kier alpha value is -2.00. The summed E-state index contributed by atoms with van der Waals surface area (Å²) in [5, 5.41) is 4.18. The van der Waals surface area contributed by atoms with Gasteiger partial charge in [-0.05, 0) is 69.0 Å². The molecule has 2 aromatic carbocycles. The molecule has 0 unspecified atom stereocenters. The van der Waals surface area contributed by atoms with Crippen molar-refractivity contribution in [2.45, 2.75) is 65.6 Å². The third-order valence-electron chi connectivity index (χ3n) is 6.12. The first-order valence-corrected chi connectivity index (χ1v) is 15.0. The zero-order chi connectivity index (χ0) is 27.9. The Labute approximate surface area is 235 Å². The van der Waals surface area contributed by atoms with Gasteiger partial charge in [-0.2, -0.15) is 0 Å². The van der Waals surface area contributed by atoms with E-state index in [4.69, 9.17) is 34.8 Å². The van der Waals surface area contributed by atoms with Crippen molar-refractivity contribution in [1.82, 2.24) is 10.2 Å². The molecule has 1 N–H and O–H groups in total. The van der Waals surface area contributed by atoms with E-state index in [1.165, 1.54) is 9.21 Å². The number of carbonyl (C=O) groups is 2. The molecule has 0 spiro atoms. The molecule has 0 aliphatic rings. The molecule has 204 valence electrons. The average molecular weight is 591 g/mol. The van der Waals surface area contributed by atoms with Crippen LogP contribution in [0.5, 0.6) is 0 Å². The first-order valence-electron chi connectivity index (χ1n) is 12.0. The van der Waals surface area contributed by atoms with Gasteiger partial charge in [0.2, 0.25) is 21.8 Å². The van der Waals surface area contributed by atoms with Crippen LogP contribution >= 0.6 is 34.8 Å². The highest BCUT2D eigenvalue weighted by Gasteiger charge is 2.28. The highest BCUT2D eigenvalue weighted by Crippen LogP contribution is 2.27. The molecule has 0 bridgehead atoms. The van der Waals surface area contributed by atoms with E-state index in [1.54, 1.807) is 50.2 Å². The van der Waals surface area contributed by atoms with Gasteiger partial charge in [0.25, 0.3) is 0 Å². The molecule has 0 heterocycles. The molecule has 0 fully saturated rings. The van der Waals surface area contributed by atoms with Crippen molar-refractivity contribution < 1.29 is 18.0 Å². The lowest BCUT2D eigenvalue weighted by Crippen LogP contribution is -2.49. The molecule has 0 aliphatic carbocycles. The van der Waals surface area contributed by atoms with E-state index in [2.05, 4.69) is 5.32 Å². The van der Waals surface area contributed by atoms with Crippen LogP contribution in [0, 0.1) is 6.92 Å². The normalized spacial score (nSPS) is 13.1. The quantitative estimate of drug-likeness (QED) is 0.337. The van der Waals surface area contributed by atoms with Gasteiger partial charge in [0.15, 0.2) is 0 Å². The van der Waals surface area contributed by atoms with Crippen molar-refractivity contribution in [2.24, 2.45) is 0 Å². The van der Waals surface area contributed by atoms with Crippen LogP contribution < -0.4 is 9.62 Å². The van der Waals surface area contributed by atoms with E-state index in [0.717, 1.165) is 18.2 Å². The van der Waals surface area contributed by atoms with Crippen molar-refractivity contribution in [3.05, 3.63) is 62.6 Å². The number of hydrogen-bond donors (Lipinski definition) is 1. The van der Waals surface area contributed by atoms with Gasteiger partial charge in [-0.15, -0.1) is 0 Å². The maximum atomic E-state index is 13.4. The predicted octanol–water partition coefficient (Wildman–Crippen LogP) is 5.83. The fourth-order valence-electron chi connectivity index (χ4n) is 3.72. The number of sulfonamides is 1. The van der Waals surface area contributed by atoms with Gasteiger partial charge in [0.05, 0.1) is 11.9 Å². The summed E-state index contributed by atoms with van der Waals surface area (Å²) < 4.78 is 26.3. The summed E-state index contributed by atoms with van der Waals surface area (Å²) in [5.74, 6) is -0.575. The minimum Gasteiger partial charge on any atom is -0.352 e. The zero-order valence-electron chi connectivity index (χ0n) is 21.7. The Morgan fingerprint density at radius 1 is 1.03 bits per heavy atom. The van der Waals surface area contributed by atoms with Crippen LogP contribution in [0.25, 0.3) is 0 Å². The molecule has 2 rings (SSSR count). The van der Waals surface area contributed by atoms with Crippen LogP contribution in [0.3, 0.4) is 0 Å². The molecule has 37 heavy (non-hydrogen) atoms. The second kappa shape index (κ2) is 13.7. The van der Waals surface area contributed by atoms with Crippen molar-refractivity contribution in [1.29, 1.82) is 0 Å². The molecule has 0 aliphatic heterocycles. The summed E-state index contributed by atoms with van der Waals surface area (Å²) in [6.07, 6.45) is 2.13. The molecule has 0 aromatic heterocycles. The molecule has 2 aromatic rings. The van der Waals surface area contributed by atoms with Crippen molar-refractivity contribution >= 4 is 62.3 Å². The van der Waals surface area contributed by atoms with Gasteiger partial charge in [-0.1, -0.05) is 53.9 Å². The summed E-state index contributed by atoms with van der Waals surface area (Å²) >= 11 is 18.5. The lowest BCUT2D eigenvalue weighted by molar-refractivity contribution is -0.140. The lowest BCUT2D eigenvalue weighted by Gasteiger charge is -2.30. The highest BCUT2D eigenvalue weighted by molar-refractivity contribution is 7.92. The van der Waals surface area contributed by atoms with E-state index in [-0.39, 0.29) is 43.8 Å². The summed E-state index contributed by atoms with van der Waals surface area (Å²) in [4.78, 5) is 27.8. The second-order valence-corrected chi connectivity index (χ2v) is 12.3. The molecule has 11 heteroatoms. The van der Waals surface area contributed by atoms with Gasteiger partial charge in [0.1, 0.15) is 6.04 Å². The fourth-order valence-corrected chi connectivity index (χ4v) is 5.36. The van der Waals surface area contributed by atoms with E-state index in [9.17, 15) is 18.0 Å². The maximum absolute atomic E-state index is 13.4. The van der Waals surface area contributed by atoms with Crippen LogP contribution in [0.1, 0.15) is 51.2 Å². The molecular formula is C26H34Cl3N3O4S. The summed E-state index contributed by atoms with van der Waals surface area (Å²) in [5.41, 5.74) is 1.86. The summed E-state index contributed by atoms with van der Waals surface area (Å²) in [7, 11) is -3.62. The monoisotopic (exact) mass is 589 g/mol. The number of anilines is 1. The van der Waals surface area contributed by atoms with Crippen LogP contribution in [-0.4, -0.2) is 50.0 Å². The predicted molar refractivity (Wildman–Crippen MR) is 152 cm³/mol. The molecule has 2 amide bonds. The Morgan fingerprint density at radius 2 is 1.65 bits per heavy atom. The third-order valence-corrected chi connectivity index (χ3v) is 8.12. The van der Waals surface area contributed by atoms with Crippen molar-refractivity contribution in [2.75, 3.05) is 17.1 Å². The van der Waals surface area contributed by atoms with Gasteiger partial charge in [-0.25, -0.2) is 8.42 Å². The Balaban J connectivity index is 2.24. The largest absolute Gasteiger partial charge is 0.352 e. The van der Waals surface area contributed by atoms with Crippen LogP contribution in [0.2, 0.25) is 15.1 Å². The van der Waals surface area contributed by atoms with E-state index in [0.29, 0.717) is 26.3 Å². The minimum absolute atomic E-state index is 0.0256. The van der Waals surface area contributed by atoms with Crippen LogP contribution in [-0.2, 0) is 26.2 Å². The standard InChI is InChI=1S/C26H34Cl3N3O4S/c1-6-18(3)30-26(34)19(4)31(16-20-10-12-21(27)14-23(20)29)25(33)8-7-13-32(37(5,35)36)24-15-22(28)11-9-17(24)2/h9-12,14-15,18-19H,6-8,13,16H2,1-5H3,(H,30,34)/t18-,19-/m0/s1. The number of carbonyl (C=O) groups excluding carboxylic acids is 2. The molecule has 0 saturated heterocycles. The average Bonchev–Trinajstić information content (AvgIpc) is 2.81. The topological polar surface area (TPSA) is 86.8 Å². The van der Waals surface area contributed by atoms with Crippen LogP contribution in [0.4, 0.5) is 5.69 Å². The van der Waals surface area contributed by atoms with E-state index >= 15 is 0 Å². The minimum atomic E-state index is -3.62. The number of hydrogen-bond acceptors (Lipinski definition) is 4.